The zero-order valence-electron chi connectivity index (χ0n) is 21.0. The molecule has 0 aromatic carbocycles. The van der Waals surface area contributed by atoms with Gasteiger partial charge >= 0.3 is 0 Å². The Morgan fingerprint density at radius 3 is 2.38 bits per heavy atom. The van der Waals surface area contributed by atoms with Crippen molar-refractivity contribution in [3.63, 3.8) is 0 Å². The molecule has 0 amide bonds. The highest BCUT2D eigenvalue weighted by Crippen LogP contribution is 2.66. The fourth-order valence-electron chi connectivity index (χ4n) is 7.81. The summed E-state index contributed by atoms with van der Waals surface area (Å²) in [5.41, 5.74) is -3.29. The summed E-state index contributed by atoms with van der Waals surface area (Å²) in [4.78, 5) is 13.3. The number of hydrogen-bond donors (Lipinski definition) is 6. The van der Waals surface area contributed by atoms with Crippen molar-refractivity contribution in [3.8, 4) is 0 Å². The molecule has 0 saturated heterocycles. The van der Waals surface area contributed by atoms with Crippen LogP contribution in [-0.2, 0) is 4.79 Å². The lowest BCUT2D eigenvalue weighted by atomic mass is 9.49. The first-order valence-corrected chi connectivity index (χ1v) is 12.8. The van der Waals surface area contributed by atoms with Gasteiger partial charge in [-0.05, 0) is 74.5 Å². The van der Waals surface area contributed by atoms with Crippen LogP contribution in [0.3, 0.4) is 0 Å². The van der Waals surface area contributed by atoms with Gasteiger partial charge in [0.2, 0.25) is 0 Å². The molecule has 2 fully saturated rings. The van der Waals surface area contributed by atoms with Gasteiger partial charge in [0.1, 0.15) is 6.10 Å². The lowest BCUT2D eigenvalue weighted by Gasteiger charge is -2.57. The second-order valence-electron chi connectivity index (χ2n) is 12.5. The number of rotatable bonds is 5. The van der Waals surface area contributed by atoms with Gasteiger partial charge in [0, 0.05) is 10.8 Å². The van der Waals surface area contributed by atoms with E-state index in [0.717, 1.165) is 12.0 Å². The molecule has 0 aromatic rings. The van der Waals surface area contributed by atoms with Gasteiger partial charge in [-0.3, -0.25) is 4.79 Å². The number of ketones is 1. The van der Waals surface area contributed by atoms with Crippen molar-refractivity contribution in [3.05, 3.63) is 23.3 Å². The minimum Gasteiger partial charge on any atom is -0.390 e. The molecule has 2 saturated carbocycles. The normalized spacial score (nSPS) is 46.7. The van der Waals surface area contributed by atoms with E-state index in [9.17, 15) is 35.4 Å². The van der Waals surface area contributed by atoms with E-state index >= 15 is 0 Å². The molecule has 4 aliphatic carbocycles. The van der Waals surface area contributed by atoms with Crippen LogP contribution in [0.25, 0.3) is 0 Å². The summed E-state index contributed by atoms with van der Waals surface area (Å²) in [5, 5.41) is 66.0. The Morgan fingerprint density at radius 1 is 1.12 bits per heavy atom. The number of carbonyl (C=O) groups is 1. The van der Waals surface area contributed by atoms with Crippen LogP contribution in [0.4, 0.5) is 0 Å². The summed E-state index contributed by atoms with van der Waals surface area (Å²) >= 11 is 0. The second-order valence-corrected chi connectivity index (χ2v) is 12.5. The molecule has 10 atom stereocenters. The molecule has 34 heavy (non-hydrogen) atoms. The highest BCUT2D eigenvalue weighted by molar-refractivity contribution is 5.97. The number of carbonyl (C=O) groups excluding carboxylic acids is 1. The van der Waals surface area contributed by atoms with Crippen molar-refractivity contribution in [1.29, 1.82) is 0 Å². The molecular weight excluding hydrogens is 436 g/mol. The Morgan fingerprint density at radius 2 is 1.76 bits per heavy atom. The van der Waals surface area contributed by atoms with Crippen LogP contribution in [0.15, 0.2) is 23.3 Å². The Balaban J connectivity index is 1.74. The van der Waals surface area contributed by atoms with Crippen LogP contribution in [0.2, 0.25) is 0 Å². The predicted octanol–water partition coefficient (Wildman–Crippen LogP) is 1.63. The van der Waals surface area contributed by atoms with Crippen LogP contribution in [0, 0.1) is 28.6 Å². The third-order valence-electron chi connectivity index (χ3n) is 9.99. The molecule has 7 nitrogen and oxygen atoms in total. The van der Waals surface area contributed by atoms with Gasteiger partial charge in [0.25, 0.3) is 0 Å². The van der Waals surface area contributed by atoms with Gasteiger partial charge in [0.15, 0.2) is 5.78 Å². The number of fused-ring (bicyclic) bond motifs is 5. The summed E-state index contributed by atoms with van der Waals surface area (Å²) in [7, 11) is 0. The SMILES string of the molecule is CC(C)CC[C@@H](O)[C@](C)(O)[C@H]1CC[C@@]2(O)C3=CC(=O)[C@@H]4C(O)[C@@H](O)[C@@H](O)C[C@]4(C)C3=CC[C@]12C. The minimum atomic E-state index is -1.41. The zero-order valence-corrected chi connectivity index (χ0v) is 21.0. The molecule has 0 aliphatic heterocycles. The van der Waals surface area contributed by atoms with Crippen molar-refractivity contribution < 1.29 is 35.4 Å². The van der Waals surface area contributed by atoms with E-state index < -0.39 is 58.3 Å². The first-order chi connectivity index (χ1) is 15.6. The topological polar surface area (TPSA) is 138 Å². The van der Waals surface area contributed by atoms with Crippen LogP contribution in [0.1, 0.15) is 73.1 Å². The molecule has 0 heterocycles. The van der Waals surface area contributed by atoms with Crippen LogP contribution in [0.5, 0.6) is 0 Å². The highest BCUT2D eigenvalue weighted by atomic mass is 16.4. The maximum Gasteiger partial charge on any atom is 0.162 e. The number of allylic oxidation sites excluding steroid dienone is 2. The Kier molecular flexibility index (Phi) is 6.28. The molecule has 7 heteroatoms. The molecule has 4 aliphatic rings. The maximum atomic E-state index is 13.3. The van der Waals surface area contributed by atoms with E-state index in [0.29, 0.717) is 37.2 Å². The number of hydrogen-bond acceptors (Lipinski definition) is 7. The summed E-state index contributed by atoms with van der Waals surface area (Å²) in [6, 6.07) is 0. The lowest BCUT2D eigenvalue weighted by Crippen LogP contribution is -2.62. The van der Waals surface area contributed by atoms with Crippen molar-refractivity contribution in [2.24, 2.45) is 28.6 Å². The molecule has 4 rings (SSSR count). The van der Waals surface area contributed by atoms with Crippen LogP contribution < -0.4 is 0 Å². The van der Waals surface area contributed by atoms with Crippen LogP contribution >= 0.6 is 0 Å². The van der Waals surface area contributed by atoms with Crippen molar-refractivity contribution in [1.82, 2.24) is 0 Å². The van der Waals surface area contributed by atoms with Gasteiger partial charge in [-0.25, -0.2) is 0 Å². The largest absolute Gasteiger partial charge is 0.390 e. The average Bonchev–Trinajstić information content (AvgIpc) is 3.02. The average molecular weight is 479 g/mol. The molecule has 1 unspecified atom stereocenters. The van der Waals surface area contributed by atoms with Crippen LogP contribution in [-0.4, -0.2) is 72.0 Å². The summed E-state index contributed by atoms with van der Waals surface area (Å²) in [6.45, 7) is 9.55. The Bertz CT molecular complexity index is 907. The van der Waals surface area contributed by atoms with Gasteiger partial charge < -0.3 is 30.6 Å². The van der Waals surface area contributed by atoms with E-state index in [-0.39, 0.29) is 12.2 Å². The summed E-state index contributed by atoms with van der Waals surface area (Å²) in [6.07, 6.45) is 1.11. The van der Waals surface area contributed by atoms with E-state index in [2.05, 4.69) is 13.8 Å². The lowest BCUT2D eigenvalue weighted by molar-refractivity contribution is -0.166. The number of aliphatic hydroxyl groups is 6. The van der Waals surface area contributed by atoms with Crippen molar-refractivity contribution in [2.45, 2.75) is 109 Å². The quantitative estimate of drug-likeness (QED) is 0.353. The first kappa shape index (κ1) is 26.0. The molecule has 192 valence electrons. The number of aliphatic hydroxyl groups excluding tert-OH is 4. The molecule has 0 aromatic heterocycles. The first-order valence-electron chi connectivity index (χ1n) is 12.8. The van der Waals surface area contributed by atoms with E-state index in [1.54, 1.807) is 6.92 Å². The molecule has 0 bridgehead atoms. The second kappa shape index (κ2) is 8.22. The fraction of sp³-hybridized carbons (Fsp3) is 0.815. The smallest absolute Gasteiger partial charge is 0.162 e. The third kappa shape index (κ3) is 3.42. The monoisotopic (exact) mass is 478 g/mol. The highest BCUT2D eigenvalue weighted by Gasteiger charge is 2.68. The van der Waals surface area contributed by atoms with Gasteiger partial charge in [-0.15, -0.1) is 0 Å². The van der Waals surface area contributed by atoms with E-state index in [4.69, 9.17) is 0 Å². The van der Waals surface area contributed by atoms with Crippen molar-refractivity contribution >= 4 is 5.78 Å². The molecule has 6 N–H and O–H groups in total. The Labute approximate surface area is 202 Å². The van der Waals surface area contributed by atoms with E-state index in [1.165, 1.54) is 6.08 Å². The van der Waals surface area contributed by atoms with Crippen molar-refractivity contribution in [2.75, 3.05) is 0 Å². The zero-order chi connectivity index (χ0) is 25.4. The maximum absolute atomic E-state index is 13.3. The molecule has 0 radical (unpaired) electrons. The van der Waals surface area contributed by atoms with Gasteiger partial charge in [-0.2, -0.15) is 0 Å². The van der Waals surface area contributed by atoms with E-state index in [1.807, 2.05) is 19.9 Å². The van der Waals surface area contributed by atoms with Gasteiger partial charge in [0.05, 0.1) is 35.4 Å². The predicted molar refractivity (Wildman–Crippen MR) is 127 cm³/mol. The third-order valence-corrected chi connectivity index (χ3v) is 9.99. The summed E-state index contributed by atoms with van der Waals surface area (Å²) < 4.78 is 0. The fourth-order valence-corrected chi connectivity index (χ4v) is 7.81. The molecular formula is C27H42O7. The minimum absolute atomic E-state index is 0.104. The Hall–Kier alpha value is -1.09. The standard InChI is InChI=1S/C27H42O7/c1-14(2)6-7-20(30)26(5,33)19-9-11-27(34)16-12-17(28)21-23(32)22(31)18(29)13-24(21,3)15(16)8-10-25(19,27)4/h8,12,14,18-23,29-34H,6-7,9-11,13H2,1-5H3/t18-,19-,20+,21+,22-,23?,24+,25+,26+,27+/m0/s1. The summed E-state index contributed by atoms with van der Waals surface area (Å²) in [5.74, 6) is -1.26. The molecule has 0 spiro atoms. The van der Waals surface area contributed by atoms with Gasteiger partial charge in [-0.1, -0.05) is 33.8 Å².